The molecule has 0 amide bonds. The van der Waals surface area contributed by atoms with Crippen LogP contribution in [0.1, 0.15) is 27.4 Å². The normalized spacial score (nSPS) is 17.4. The molecule has 1 heteroatoms. The van der Waals surface area contributed by atoms with Gasteiger partial charge < -0.3 is 0 Å². The van der Waals surface area contributed by atoms with Gasteiger partial charge in [-0.15, -0.1) is 0 Å². The predicted molar refractivity (Wildman–Crippen MR) is 81.2 cm³/mol. The van der Waals surface area contributed by atoms with Crippen LogP contribution in [0.3, 0.4) is 0 Å². The van der Waals surface area contributed by atoms with Gasteiger partial charge in [-0.1, -0.05) is 66.7 Å². The van der Waals surface area contributed by atoms with Gasteiger partial charge in [0.2, 0.25) is 0 Å². The molecule has 0 fully saturated rings. The first kappa shape index (κ1) is 11.4. The molecule has 0 saturated carbocycles. The van der Waals surface area contributed by atoms with E-state index in [4.69, 9.17) is 0 Å². The summed E-state index contributed by atoms with van der Waals surface area (Å²) in [6.45, 7) is 0. The smallest absolute Gasteiger partial charge is 0.171 e. The monoisotopic (exact) mass is 258 g/mol. The van der Waals surface area contributed by atoms with E-state index < -0.39 is 0 Å². The summed E-state index contributed by atoms with van der Waals surface area (Å²) in [6, 6.07) is 22.5. The number of carbonyl (C=O) groups is 1. The van der Waals surface area contributed by atoms with Crippen LogP contribution in [0.15, 0.2) is 66.7 Å². The topological polar surface area (TPSA) is 17.1 Å². The Morgan fingerprint density at radius 1 is 0.800 bits per heavy atom. The quantitative estimate of drug-likeness (QED) is 0.633. The Labute approximate surface area is 117 Å². The molecule has 1 aliphatic carbocycles. The highest BCUT2D eigenvalue weighted by Gasteiger charge is 2.32. The summed E-state index contributed by atoms with van der Waals surface area (Å²) in [5.41, 5.74) is 3.23. The average Bonchev–Trinajstić information content (AvgIpc) is 2.86. The van der Waals surface area contributed by atoms with Gasteiger partial charge in [0.1, 0.15) is 0 Å². The second-order valence-electron chi connectivity index (χ2n) is 5.35. The Morgan fingerprint density at radius 3 is 2.40 bits per heavy atom. The van der Waals surface area contributed by atoms with E-state index in [2.05, 4.69) is 36.4 Å². The number of fused-ring (bicyclic) bond motifs is 3. The fourth-order valence-electron chi connectivity index (χ4n) is 3.22. The largest absolute Gasteiger partial charge is 0.293 e. The molecule has 1 unspecified atom stereocenters. The van der Waals surface area contributed by atoms with Gasteiger partial charge >= 0.3 is 0 Å². The Morgan fingerprint density at radius 2 is 1.55 bits per heavy atom. The molecule has 0 radical (unpaired) electrons. The number of ketones is 1. The van der Waals surface area contributed by atoms with Gasteiger partial charge in [0.05, 0.1) is 5.92 Å². The van der Waals surface area contributed by atoms with Crippen molar-refractivity contribution >= 4 is 16.6 Å². The zero-order valence-electron chi connectivity index (χ0n) is 11.0. The van der Waals surface area contributed by atoms with Gasteiger partial charge in [0.25, 0.3) is 0 Å². The van der Waals surface area contributed by atoms with Crippen molar-refractivity contribution in [3.05, 3.63) is 83.4 Å². The van der Waals surface area contributed by atoms with Gasteiger partial charge in [-0.05, 0) is 28.3 Å². The molecule has 1 atom stereocenters. The maximum absolute atomic E-state index is 12.8. The summed E-state index contributed by atoms with van der Waals surface area (Å²) in [5.74, 6) is 0.250. The maximum atomic E-state index is 12.8. The number of benzene rings is 3. The van der Waals surface area contributed by atoms with Crippen molar-refractivity contribution in [3.8, 4) is 0 Å². The minimum atomic E-state index is -0.0167. The number of carbonyl (C=O) groups excluding carboxylic acids is 1. The summed E-state index contributed by atoms with van der Waals surface area (Å²) in [7, 11) is 0. The molecule has 20 heavy (non-hydrogen) atoms. The fourth-order valence-corrected chi connectivity index (χ4v) is 3.22. The first-order valence-electron chi connectivity index (χ1n) is 6.94. The maximum Gasteiger partial charge on any atom is 0.171 e. The van der Waals surface area contributed by atoms with Crippen LogP contribution in [0, 0.1) is 0 Å². The highest BCUT2D eigenvalue weighted by molar-refractivity contribution is 6.14. The van der Waals surface area contributed by atoms with Crippen LogP contribution < -0.4 is 0 Å². The molecule has 0 bridgehead atoms. The van der Waals surface area contributed by atoms with Crippen molar-refractivity contribution in [2.45, 2.75) is 12.3 Å². The molecule has 0 spiro atoms. The van der Waals surface area contributed by atoms with Crippen LogP contribution in [0.5, 0.6) is 0 Å². The van der Waals surface area contributed by atoms with E-state index in [1.807, 2.05) is 30.3 Å². The van der Waals surface area contributed by atoms with E-state index in [0.29, 0.717) is 0 Å². The third-order valence-electron chi connectivity index (χ3n) is 4.20. The van der Waals surface area contributed by atoms with Crippen LogP contribution in [0.25, 0.3) is 10.8 Å². The Bertz CT molecular complexity index is 802. The van der Waals surface area contributed by atoms with Crippen LogP contribution in [0.2, 0.25) is 0 Å². The van der Waals surface area contributed by atoms with Gasteiger partial charge in [-0.25, -0.2) is 0 Å². The standard InChI is InChI=1S/C19H14O/c20-19-17(13-6-2-1-3-7-13)12-15-11-10-14-8-4-5-9-16(14)18(15)19/h1-11,17H,12H2. The van der Waals surface area contributed by atoms with Gasteiger partial charge in [-0.3, -0.25) is 4.79 Å². The van der Waals surface area contributed by atoms with Crippen molar-refractivity contribution in [1.29, 1.82) is 0 Å². The molecular formula is C19H14O. The summed E-state index contributed by atoms with van der Waals surface area (Å²) in [5, 5.41) is 2.24. The molecular weight excluding hydrogens is 244 g/mol. The fraction of sp³-hybridized carbons (Fsp3) is 0.105. The van der Waals surface area contributed by atoms with Crippen LogP contribution in [-0.2, 0) is 6.42 Å². The second-order valence-corrected chi connectivity index (χ2v) is 5.35. The SMILES string of the molecule is O=C1c2c(ccc3ccccc23)CC1c1ccccc1. The Hall–Kier alpha value is -2.41. The minimum absolute atomic E-state index is 0.0167. The summed E-state index contributed by atoms with van der Waals surface area (Å²) < 4.78 is 0. The van der Waals surface area contributed by atoms with Gasteiger partial charge in [0.15, 0.2) is 5.78 Å². The molecule has 1 aliphatic rings. The predicted octanol–water partition coefficient (Wildman–Crippen LogP) is 4.36. The number of rotatable bonds is 1. The summed E-state index contributed by atoms with van der Waals surface area (Å²) in [6.07, 6.45) is 0.822. The lowest BCUT2D eigenvalue weighted by Gasteiger charge is -2.07. The summed E-state index contributed by atoms with van der Waals surface area (Å²) >= 11 is 0. The molecule has 0 aromatic heterocycles. The van der Waals surface area contributed by atoms with Crippen LogP contribution in [0.4, 0.5) is 0 Å². The molecule has 96 valence electrons. The minimum Gasteiger partial charge on any atom is -0.293 e. The first-order valence-corrected chi connectivity index (χ1v) is 6.94. The van der Waals surface area contributed by atoms with Crippen LogP contribution >= 0.6 is 0 Å². The molecule has 4 rings (SSSR count). The third-order valence-corrected chi connectivity index (χ3v) is 4.20. The lowest BCUT2D eigenvalue weighted by Crippen LogP contribution is -2.06. The Kier molecular flexibility index (Phi) is 2.46. The first-order chi connectivity index (χ1) is 9.84. The molecule has 3 aromatic rings. The lowest BCUT2D eigenvalue weighted by atomic mass is 9.95. The highest BCUT2D eigenvalue weighted by Crippen LogP contribution is 2.37. The summed E-state index contributed by atoms with van der Waals surface area (Å²) in [4.78, 5) is 12.8. The van der Waals surface area contributed by atoms with Gasteiger partial charge in [-0.2, -0.15) is 0 Å². The Balaban J connectivity index is 1.89. The lowest BCUT2D eigenvalue weighted by molar-refractivity contribution is 0.0974. The number of Topliss-reactive ketones (excluding diaryl/α,β-unsaturated/α-hetero) is 1. The van der Waals surface area contributed by atoms with E-state index in [1.54, 1.807) is 0 Å². The van der Waals surface area contributed by atoms with E-state index in [9.17, 15) is 4.79 Å². The third kappa shape index (κ3) is 1.60. The number of hydrogen-bond donors (Lipinski definition) is 0. The van der Waals surface area contributed by atoms with E-state index in [-0.39, 0.29) is 11.7 Å². The molecule has 3 aromatic carbocycles. The molecule has 0 heterocycles. The van der Waals surface area contributed by atoms with E-state index in [0.717, 1.165) is 28.3 Å². The molecule has 0 N–H and O–H groups in total. The van der Waals surface area contributed by atoms with Crippen molar-refractivity contribution in [2.75, 3.05) is 0 Å². The van der Waals surface area contributed by atoms with Crippen LogP contribution in [-0.4, -0.2) is 5.78 Å². The van der Waals surface area contributed by atoms with Gasteiger partial charge in [0, 0.05) is 5.56 Å². The van der Waals surface area contributed by atoms with E-state index in [1.165, 1.54) is 5.56 Å². The van der Waals surface area contributed by atoms with Crippen molar-refractivity contribution in [1.82, 2.24) is 0 Å². The molecule has 1 nitrogen and oxygen atoms in total. The van der Waals surface area contributed by atoms with Crippen molar-refractivity contribution in [3.63, 3.8) is 0 Å². The second kappa shape index (κ2) is 4.31. The number of hydrogen-bond acceptors (Lipinski definition) is 1. The van der Waals surface area contributed by atoms with E-state index >= 15 is 0 Å². The average molecular weight is 258 g/mol. The highest BCUT2D eigenvalue weighted by atomic mass is 16.1. The zero-order chi connectivity index (χ0) is 13.5. The molecule has 0 aliphatic heterocycles. The molecule has 0 saturated heterocycles. The van der Waals surface area contributed by atoms with Crippen molar-refractivity contribution in [2.24, 2.45) is 0 Å². The van der Waals surface area contributed by atoms with Crippen molar-refractivity contribution < 1.29 is 4.79 Å². The zero-order valence-corrected chi connectivity index (χ0v) is 11.0.